The van der Waals surface area contributed by atoms with E-state index in [1.807, 2.05) is 24.4 Å². The van der Waals surface area contributed by atoms with Gasteiger partial charge in [0.1, 0.15) is 5.75 Å². The number of methoxy groups -OCH3 is 1. The number of ether oxygens (including phenoxy) is 1. The summed E-state index contributed by atoms with van der Waals surface area (Å²) in [4.78, 5) is 11.5. The molecule has 4 heteroatoms. The third kappa shape index (κ3) is 8.75. The first-order valence-electron chi connectivity index (χ1n) is 13.2. The molecule has 0 fully saturated rings. The van der Waals surface area contributed by atoms with Gasteiger partial charge in [0.15, 0.2) is 0 Å². The summed E-state index contributed by atoms with van der Waals surface area (Å²) < 4.78 is 5.55. The van der Waals surface area contributed by atoms with Crippen molar-refractivity contribution in [3.8, 4) is 17.1 Å². The minimum atomic E-state index is 0.834. The number of nitrogens with one attached hydrogen (secondary N) is 2. The number of rotatable bonds is 17. The number of aliphatic imine (C=N–C) groups is 1. The van der Waals surface area contributed by atoms with E-state index in [1.54, 1.807) is 7.11 Å². The lowest BCUT2D eigenvalue weighted by molar-refractivity contribution is 0.414. The number of allylic oxidation sites excluding steroid dienone is 2. The summed E-state index contributed by atoms with van der Waals surface area (Å²) in [6, 6.07) is 6.06. The van der Waals surface area contributed by atoms with Crippen molar-refractivity contribution in [3.63, 3.8) is 0 Å². The van der Waals surface area contributed by atoms with Crippen molar-refractivity contribution < 1.29 is 4.74 Å². The molecule has 0 spiro atoms. The molecule has 0 amide bonds. The molecule has 2 aromatic heterocycles. The van der Waals surface area contributed by atoms with Crippen LogP contribution in [0.4, 0.5) is 0 Å². The van der Waals surface area contributed by atoms with E-state index in [-0.39, 0.29) is 0 Å². The molecule has 0 bridgehead atoms. The van der Waals surface area contributed by atoms with Crippen LogP contribution in [-0.4, -0.2) is 22.8 Å². The Balaban J connectivity index is 1.30. The van der Waals surface area contributed by atoms with Gasteiger partial charge in [-0.2, -0.15) is 0 Å². The molecule has 0 saturated carbocycles. The number of hydrogen-bond donors (Lipinski definition) is 2. The van der Waals surface area contributed by atoms with Crippen LogP contribution in [0, 0.1) is 0 Å². The van der Waals surface area contributed by atoms with Gasteiger partial charge in [-0.05, 0) is 43.2 Å². The van der Waals surface area contributed by atoms with Gasteiger partial charge in [-0.3, -0.25) is 4.99 Å². The molecule has 2 aromatic rings. The van der Waals surface area contributed by atoms with Gasteiger partial charge in [-0.1, -0.05) is 84.0 Å². The highest BCUT2D eigenvalue weighted by Crippen LogP contribution is 2.29. The molecule has 4 nitrogen and oxygen atoms in total. The second kappa shape index (κ2) is 14.6. The van der Waals surface area contributed by atoms with E-state index >= 15 is 0 Å². The summed E-state index contributed by atoms with van der Waals surface area (Å²) in [7, 11) is 1.71. The lowest BCUT2D eigenvalue weighted by Crippen LogP contribution is -1.91. The maximum Gasteiger partial charge on any atom is 0.144 e. The van der Waals surface area contributed by atoms with Crippen LogP contribution >= 0.6 is 0 Å². The van der Waals surface area contributed by atoms with E-state index in [2.05, 4.69) is 35.1 Å². The first kappa shape index (κ1) is 25.1. The van der Waals surface area contributed by atoms with Gasteiger partial charge in [0.05, 0.1) is 29.9 Å². The number of H-pyrrole nitrogens is 2. The zero-order valence-corrected chi connectivity index (χ0v) is 20.8. The van der Waals surface area contributed by atoms with E-state index in [1.165, 1.54) is 89.2 Å². The molecule has 0 aromatic carbocycles. The van der Waals surface area contributed by atoms with Crippen LogP contribution in [-0.2, 0) is 0 Å². The van der Waals surface area contributed by atoms with Crippen molar-refractivity contribution in [2.75, 3.05) is 7.11 Å². The van der Waals surface area contributed by atoms with Crippen LogP contribution in [0.5, 0.6) is 5.75 Å². The maximum absolute atomic E-state index is 5.55. The molecule has 180 valence electrons. The van der Waals surface area contributed by atoms with Gasteiger partial charge in [0.2, 0.25) is 0 Å². The number of aromatic nitrogens is 2. The fourth-order valence-electron chi connectivity index (χ4n) is 4.48. The second-order valence-electron chi connectivity index (χ2n) is 9.25. The van der Waals surface area contributed by atoms with Crippen molar-refractivity contribution in [1.29, 1.82) is 0 Å². The minimum Gasteiger partial charge on any atom is -0.494 e. The Kier molecular flexibility index (Phi) is 11.1. The van der Waals surface area contributed by atoms with E-state index < -0.39 is 0 Å². The molecular weight excluding hydrogens is 406 g/mol. The first-order chi connectivity index (χ1) is 16.3. The molecule has 0 unspecified atom stereocenters. The van der Waals surface area contributed by atoms with Crippen LogP contribution in [0.15, 0.2) is 47.2 Å². The van der Waals surface area contributed by atoms with Crippen LogP contribution in [0.25, 0.3) is 17.5 Å². The number of aromatic amines is 2. The SMILES string of the molecule is CCCCCCCCCCCCCCCC1=N/C(=C\c2[nH]c(-c3ccc[nH]3)cc2OC)C=C1. The Labute approximate surface area is 200 Å². The lowest BCUT2D eigenvalue weighted by Gasteiger charge is -2.03. The van der Waals surface area contributed by atoms with Crippen molar-refractivity contribution in [3.05, 3.63) is 47.9 Å². The third-order valence-corrected chi connectivity index (χ3v) is 6.47. The molecule has 3 heterocycles. The normalized spacial score (nSPS) is 14.4. The van der Waals surface area contributed by atoms with Gasteiger partial charge >= 0.3 is 0 Å². The monoisotopic (exact) mass is 449 g/mol. The van der Waals surface area contributed by atoms with Gasteiger partial charge < -0.3 is 14.7 Å². The fourth-order valence-corrected chi connectivity index (χ4v) is 4.48. The lowest BCUT2D eigenvalue weighted by atomic mass is 10.0. The topological polar surface area (TPSA) is 53.2 Å². The van der Waals surface area contributed by atoms with Crippen LogP contribution < -0.4 is 4.74 Å². The molecule has 1 aliphatic heterocycles. The summed E-state index contributed by atoms with van der Waals surface area (Å²) in [5, 5.41) is 0. The molecule has 0 aliphatic carbocycles. The Morgan fingerprint density at radius 3 is 2.12 bits per heavy atom. The van der Waals surface area contributed by atoms with Crippen molar-refractivity contribution in [2.24, 2.45) is 4.99 Å². The maximum atomic E-state index is 5.55. The average Bonchev–Trinajstić information content (AvgIpc) is 3.58. The van der Waals surface area contributed by atoms with Crippen LogP contribution in [0.1, 0.15) is 103 Å². The molecule has 0 saturated heterocycles. The van der Waals surface area contributed by atoms with Crippen molar-refractivity contribution in [1.82, 2.24) is 9.97 Å². The van der Waals surface area contributed by atoms with Gasteiger partial charge in [0, 0.05) is 18.0 Å². The van der Waals surface area contributed by atoms with E-state index in [0.29, 0.717) is 0 Å². The van der Waals surface area contributed by atoms with Gasteiger partial charge in [-0.15, -0.1) is 0 Å². The van der Waals surface area contributed by atoms with E-state index in [0.717, 1.165) is 34.9 Å². The average molecular weight is 450 g/mol. The summed E-state index contributed by atoms with van der Waals surface area (Å²) in [6.45, 7) is 2.29. The molecule has 2 N–H and O–H groups in total. The standard InChI is InChI=1S/C29H43N3O/c1-3-4-5-6-7-8-9-10-11-12-13-14-15-17-24-19-20-25(31-24)22-28-29(33-2)23-27(32-28)26-18-16-21-30-26/h16,18-23,30,32H,3-15,17H2,1-2H3/b25-22-. The summed E-state index contributed by atoms with van der Waals surface area (Å²) in [5.74, 6) is 0.834. The Morgan fingerprint density at radius 1 is 0.848 bits per heavy atom. The van der Waals surface area contributed by atoms with Crippen molar-refractivity contribution in [2.45, 2.75) is 96.8 Å². The highest BCUT2D eigenvalue weighted by molar-refractivity contribution is 5.99. The summed E-state index contributed by atoms with van der Waals surface area (Å²) in [6.07, 6.45) is 27.4. The van der Waals surface area contributed by atoms with E-state index in [4.69, 9.17) is 9.73 Å². The van der Waals surface area contributed by atoms with Crippen molar-refractivity contribution >= 4 is 11.8 Å². The summed E-state index contributed by atoms with van der Waals surface area (Å²) >= 11 is 0. The summed E-state index contributed by atoms with van der Waals surface area (Å²) in [5.41, 5.74) is 5.19. The van der Waals surface area contributed by atoms with Crippen LogP contribution in [0.2, 0.25) is 0 Å². The molecule has 3 rings (SSSR count). The first-order valence-corrected chi connectivity index (χ1v) is 13.2. The van der Waals surface area contributed by atoms with E-state index in [9.17, 15) is 0 Å². The third-order valence-electron chi connectivity index (χ3n) is 6.47. The highest BCUT2D eigenvalue weighted by Gasteiger charge is 2.11. The fraction of sp³-hybridized carbons (Fsp3) is 0.552. The predicted molar refractivity (Wildman–Crippen MR) is 142 cm³/mol. The van der Waals surface area contributed by atoms with Gasteiger partial charge in [-0.25, -0.2) is 0 Å². The minimum absolute atomic E-state index is 0.834. The molecule has 1 aliphatic rings. The Hall–Kier alpha value is -2.49. The largest absolute Gasteiger partial charge is 0.494 e. The van der Waals surface area contributed by atoms with Crippen LogP contribution in [0.3, 0.4) is 0 Å². The number of unbranched alkanes of at least 4 members (excludes halogenated alkanes) is 12. The number of nitrogens with zero attached hydrogens (tertiary/aromatic N) is 1. The Bertz CT molecular complexity index is 886. The molecule has 0 radical (unpaired) electrons. The highest BCUT2D eigenvalue weighted by atomic mass is 16.5. The Morgan fingerprint density at radius 2 is 1.52 bits per heavy atom. The molecular formula is C29H43N3O. The predicted octanol–water partition coefficient (Wildman–Crippen LogP) is 8.85. The zero-order valence-electron chi connectivity index (χ0n) is 20.8. The molecule has 0 atom stereocenters. The smallest absolute Gasteiger partial charge is 0.144 e. The quantitative estimate of drug-likeness (QED) is 0.233. The van der Waals surface area contributed by atoms with Gasteiger partial charge in [0.25, 0.3) is 0 Å². The zero-order chi connectivity index (χ0) is 23.1. The second-order valence-corrected chi connectivity index (χ2v) is 9.25. The number of hydrogen-bond acceptors (Lipinski definition) is 2. The molecule has 33 heavy (non-hydrogen) atoms.